The van der Waals surface area contributed by atoms with Gasteiger partial charge in [-0.15, -0.1) is 0 Å². The predicted molar refractivity (Wildman–Crippen MR) is 91.6 cm³/mol. The van der Waals surface area contributed by atoms with E-state index in [1.165, 1.54) is 0 Å². The van der Waals surface area contributed by atoms with E-state index in [1.54, 1.807) is 6.26 Å². The molecule has 1 aliphatic heterocycles. The van der Waals surface area contributed by atoms with E-state index in [0.717, 1.165) is 27.6 Å². The first-order valence-electron chi connectivity index (χ1n) is 7.32. The molecule has 0 saturated heterocycles. The van der Waals surface area contributed by atoms with Crippen molar-refractivity contribution < 1.29 is 4.74 Å². The van der Waals surface area contributed by atoms with Crippen LogP contribution in [-0.4, -0.2) is 0 Å². The Kier molecular flexibility index (Phi) is 3.29. The molecule has 23 heavy (non-hydrogen) atoms. The van der Waals surface area contributed by atoms with Crippen LogP contribution in [0.2, 0.25) is 5.02 Å². The highest BCUT2D eigenvalue weighted by Crippen LogP contribution is 2.44. The third-order valence-corrected chi connectivity index (χ3v) is 4.42. The predicted octanol–water partition coefficient (Wildman–Crippen LogP) is 5.42. The first kappa shape index (κ1) is 13.9. The van der Waals surface area contributed by atoms with Crippen molar-refractivity contribution in [1.29, 1.82) is 5.26 Å². The van der Waals surface area contributed by atoms with Gasteiger partial charge < -0.3 is 4.74 Å². The van der Waals surface area contributed by atoms with E-state index in [4.69, 9.17) is 16.3 Å². The van der Waals surface area contributed by atoms with E-state index in [0.29, 0.717) is 10.6 Å². The smallest absolute Gasteiger partial charge is 0.138 e. The number of rotatable bonds is 1. The van der Waals surface area contributed by atoms with Crippen LogP contribution in [0.4, 0.5) is 0 Å². The Balaban J connectivity index is 1.96. The lowest BCUT2D eigenvalue weighted by Gasteiger charge is -2.25. The van der Waals surface area contributed by atoms with Gasteiger partial charge in [-0.2, -0.15) is 5.26 Å². The van der Waals surface area contributed by atoms with Crippen LogP contribution in [0.1, 0.15) is 17.0 Å². The van der Waals surface area contributed by atoms with Crippen molar-refractivity contribution in [3.8, 4) is 11.8 Å². The van der Waals surface area contributed by atoms with Crippen LogP contribution in [-0.2, 0) is 0 Å². The van der Waals surface area contributed by atoms with Gasteiger partial charge in [-0.25, -0.2) is 0 Å². The molecule has 1 unspecified atom stereocenters. The standard InChI is InChI=1S/C20H12ClNO/c21-16-8-5-14(6-9-16)19-15(11-22)12-23-20-17-4-2-1-3-13(17)7-10-18(19)20/h1-10,12,19H. The molecular weight excluding hydrogens is 306 g/mol. The summed E-state index contributed by atoms with van der Waals surface area (Å²) in [5, 5.41) is 12.3. The molecule has 1 aliphatic rings. The molecule has 0 spiro atoms. The molecule has 3 heteroatoms. The minimum Gasteiger partial charge on any atom is -0.463 e. The zero-order chi connectivity index (χ0) is 15.8. The SMILES string of the molecule is N#CC1=COc2c(ccc3ccccc23)C1c1ccc(Cl)cc1. The molecule has 3 aromatic rings. The van der Waals surface area contributed by atoms with E-state index in [9.17, 15) is 5.26 Å². The lowest BCUT2D eigenvalue weighted by Crippen LogP contribution is -2.11. The normalized spacial score (nSPS) is 16.2. The highest BCUT2D eigenvalue weighted by molar-refractivity contribution is 6.30. The maximum atomic E-state index is 9.49. The number of allylic oxidation sites excluding steroid dienone is 1. The van der Waals surface area contributed by atoms with Crippen molar-refractivity contribution in [3.63, 3.8) is 0 Å². The van der Waals surface area contributed by atoms with Crippen LogP contribution in [0.15, 0.2) is 72.5 Å². The van der Waals surface area contributed by atoms with Crippen LogP contribution >= 0.6 is 11.6 Å². The third kappa shape index (κ3) is 2.27. The fraction of sp³-hybridized carbons (Fsp3) is 0.0500. The van der Waals surface area contributed by atoms with Crippen LogP contribution in [0.5, 0.6) is 5.75 Å². The van der Waals surface area contributed by atoms with E-state index < -0.39 is 0 Å². The van der Waals surface area contributed by atoms with Gasteiger partial charge >= 0.3 is 0 Å². The fourth-order valence-electron chi connectivity index (χ4n) is 3.08. The second kappa shape index (κ2) is 5.46. The summed E-state index contributed by atoms with van der Waals surface area (Å²) < 4.78 is 5.81. The lowest BCUT2D eigenvalue weighted by atomic mass is 9.83. The van der Waals surface area contributed by atoms with Crippen molar-refractivity contribution in [3.05, 3.63) is 88.6 Å². The summed E-state index contributed by atoms with van der Waals surface area (Å²) in [7, 11) is 0. The summed E-state index contributed by atoms with van der Waals surface area (Å²) in [6.45, 7) is 0. The number of hydrogen-bond donors (Lipinski definition) is 0. The first-order valence-corrected chi connectivity index (χ1v) is 7.69. The van der Waals surface area contributed by atoms with E-state index in [2.05, 4.69) is 18.2 Å². The maximum absolute atomic E-state index is 9.49. The van der Waals surface area contributed by atoms with Crippen molar-refractivity contribution >= 4 is 22.4 Å². The quantitative estimate of drug-likeness (QED) is 0.600. The zero-order valence-corrected chi connectivity index (χ0v) is 12.9. The van der Waals surface area contributed by atoms with Gasteiger partial charge in [0, 0.05) is 16.0 Å². The summed E-state index contributed by atoms with van der Waals surface area (Å²) in [4.78, 5) is 0. The minimum atomic E-state index is -0.134. The zero-order valence-electron chi connectivity index (χ0n) is 12.2. The summed E-state index contributed by atoms with van der Waals surface area (Å²) in [6.07, 6.45) is 1.56. The van der Waals surface area contributed by atoms with Crippen LogP contribution in [0, 0.1) is 11.3 Å². The van der Waals surface area contributed by atoms with Gasteiger partial charge in [-0.05, 0) is 23.1 Å². The second-order valence-electron chi connectivity index (χ2n) is 5.49. The Morgan fingerprint density at radius 1 is 0.957 bits per heavy atom. The number of ether oxygens (including phenoxy) is 1. The molecular formula is C20H12ClNO. The van der Waals surface area contributed by atoms with Crippen LogP contribution in [0.25, 0.3) is 10.8 Å². The van der Waals surface area contributed by atoms with Gasteiger partial charge in [0.25, 0.3) is 0 Å². The van der Waals surface area contributed by atoms with Gasteiger partial charge in [0.05, 0.1) is 17.6 Å². The molecule has 110 valence electrons. The lowest BCUT2D eigenvalue weighted by molar-refractivity contribution is 0.459. The summed E-state index contributed by atoms with van der Waals surface area (Å²) in [6, 6.07) is 22.1. The Hall–Kier alpha value is -2.76. The molecule has 0 N–H and O–H groups in total. The topological polar surface area (TPSA) is 33.0 Å². The largest absolute Gasteiger partial charge is 0.463 e. The average molecular weight is 318 g/mol. The van der Waals surface area contributed by atoms with Crippen LogP contribution < -0.4 is 4.74 Å². The Labute approximate surface area is 139 Å². The molecule has 1 heterocycles. The van der Waals surface area contributed by atoms with E-state index in [1.807, 2.05) is 48.5 Å². The molecule has 0 saturated carbocycles. The summed E-state index contributed by atoms with van der Waals surface area (Å²) in [5.74, 6) is 0.688. The van der Waals surface area contributed by atoms with Gasteiger partial charge in [0.15, 0.2) is 0 Å². The Bertz CT molecular complexity index is 967. The molecule has 2 nitrogen and oxygen atoms in total. The van der Waals surface area contributed by atoms with Gasteiger partial charge in [-0.1, -0.05) is 60.1 Å². The van der Waals surface area contributed by atoms with Gasteiger partial charge in [0.1, 0.15) is 12.0 Å². The molecule has 4 rings (SSSR count). The number of nitrogens with zero attached hydrogens (tertiary/aromatic N) is 1. The molecule has 0 aromatic heterocycles. The van der Waals surface area contributed by atoms with Crippen molar-refractivity contribution in [2.24, 2.45) is 0 Å². The Morgan fingerprint density at radius 3 is 2.52 bits per heavy atom. The van der Waals surface area contributed by atoms with Gasteiger partial charge in [-0.3, -0.25) is 0 Å². The maximum Gasteiger partial charge on any atom is 0.138 e. The number of halogens is 1. The number of nitriles is 1. The molecule has 0 bridgehead atoms. The average Bonchev–Trinajstić information content (AvgIpc) is 2.61. The van der Waals surface area contributed by atoms with Crippen LogP contribution in [0.3, 0.4) is 0 Å². The second-order valence-corrected chi connectivity index (χ2v) is 5.93. The fourth-order valence-corrected chi connectivity index (χ4v) is 3.21. The van der Waals surface area contributed by atoms with Gasteiger partial charge in [0.2, 0.25) is 0 Å². The molecule has 0 aliphatic carbocycles. The number of hydrogen-bond acceptors (Lipinski definition) is 2. The molecule has 0 amide bonds. The van der Waals surface area contributed by atoms with Crippen molar-refractivity contribution in [2.45, 2.75) is 5.92 Å². The molecule has 0 fully saturated rings. The number of fused-ring (bicyclic) bond motifs is 3. The highest BCUT2D eigenvalue weighted by Gasteiger charge is 2.27. The molecule has 0 radical (unpaired) electrons. The first-order chi connectivity index (χ1) is 11.3. The van der Waals surface area contributed by atoms with Crippen molar-refractivity contribution in [2.75, 3.05) is 0 Å². The Morgan fingerprint density at radius 2 is 1.74 bits per heavy atom. The summed E-state index contributed by atoms with van der Waals surface area (Å²) in [5.41, 5.74) is 2.63. The summed E-state index contributed by atoms with van der Waals surface area (Å²) >= 11 is 5.99. The molecule has 3 aromatic carbocycles. The van der Waals surface area contributed by atoms with E-state index >= 15 is 0 Å². The minimum absolute atomic E-state index is 0.134. The highest BCUT2D eigenvalue weighted by atomic mass is 35.5. The monoisotopic (exact) mass is 317 g/mol. The van der Waals surface area contributed by atoms with Crippen molar-refractivity contribution in [1.82, 2.24) is 0 Å². The molecule has 1 atom stereocenters. The van der Waals surface area contributed by atoms with E-state index in [-0.39, 0.29) is 5.92 Å². The third-order valence-electron chi connectivity index (χ3n) is 4.17. The number of benzene rings is 3.